The third kappa shape index (κ3) is 3.20. The van der Waals surface area contributed by atoms with Crippen molar-refractivity contribution in [1.82, 2.24) is 19.9 Å². The summed E-state index contributed by atoms with van der Waals surface area (Å²) in [5, 5.41) is 6.49. The number of benzene rings is 2. The molecule has 0 radical (unpaired) electrons. The highest BCUT2D eigenvalue weighted by Gasteiger charge is 2.10. The van der Waals surface area contributed by atoms with Crippen LogP contribution in [0.4, 0.5) is 23.1 Å². The van der Waals surface area contributed by atoms with Gasteiger partial charge in [-0.2, -0.15) is 9.97 Å². The van der Waals surface area contributed by atoms with E-state index >= 15 is 0 Å². The molecule has 0 saturated carbocycles. The Bertz CT molecular complexity index is 982. The van der Waals surface area contributed by atoms with E-state index in [9.17, 15) is 0 Å². The number of anilines is 4. The largest absolute Gasteiger partial charge is 0.497 e. The number of ether oxygens (including phenoxy) is 1. The summed E-state index contributed by atoms with van der Waals surface area (Å²) in [6, 6.07) is 17.4. The Morgan fingerprint density at radius 1 is 0.880 bits per heavy atom. The fourth-order valence-corrected chi connectivity index (χ4v) is 2.44. The van der Waals surface area contributed by atoms with Crippen molar-refractivity contribution in [2.75, 3.05) is 17.7 Å². The second-order valence-corrected chi connectivity index (χ2v) is 5.34. The zero-order valence-electron chi connectivity index (χ0n) is 13.5. The van der Waals surface area contributed by atoms with Gasteiger partial charge in [-0.1, -0.05) is 18.2 Å². The van der Waals surface area contributed by atoms with E-state index in [0.29, 0.717) is 17.4 Å². The van der Waals surface area contributed by atoms with E-state index in [2.05, 4.69) is 30.6 Å². The van der Waals surface area contributed by atoms with Gasteiger partial charge in [0.25, 0.3) is 0 Å². The third-order valence-corrected chi connectivity index (χ3v) is 3.67. The molecule has 0 amide bonds. The number of fused-ring (bicyclic) bond motifs is 1. The van der Waals surface area contributed by atoms with Crippen LogP contribution in [0.5, 0.6) is 5.75 Å². The minimum absolute atomic E-state index is 0.461. The summed E-state index contributed by atoms with van der Waals surface area (Å²) >= 11 is 0. The number of hydrogen-bond acceptors (Lipinski definition) is 6. The first-order valence-corrected chi connectivity index (χ1v) is 7.76. The quantitative estimate of drug-likeness (QED) is 0.514. The standard InChI is InChI=1S/C18H16N6O/c1-25-14-9-7-13(8-10-14)22-18-23-16-15(19-11-20-16)17(24-18)21-12-5-3-2-4-6-12/h2-11H,1H3,(H3,19,20,21,22,23,24). The molecule has 0 aliphatic carbocycles. The van der Waals surface area contributed by atoms with Gasteiger partial charge in [-0.05, 0) is 36.4 Å². The van der Waals surface area contributed by atoms with Crippen LogP contribution < -0.4 is 15.4 Å². The molecule has 0 aliphatic rings. The van der Waals surface area contributed by atoms with Gasteiger partial charge in [-0.25, -0.2) is 4.98 Å². The van der Waals surface area contributed by atoms with Crippen molar-refractivity contribution in [2.45, 2.75) is 0 Å². The molecule has 4 aromatic rings. The second kappa shape index (κ2) is 6.48. The van der Waals surface area contributed by atoms with E-state index in [1.165, 1.54) is 0 Å². The van der Waals surface area contributed by atoms with Gasteiger partial charge in [0, 0.05) is 11.4 Å². The van der Waals surface area contributed by atoms with Gasteiger partial charge in [0.15, 0.2) is 11.5 Å². The van der Waals surface area contributed by atoms with E-state index in [1.54, 1.807) is 13.4 Å². The van der Waals surface area contributed by atoms with Crippen LogP contribution in [-0.4, -0.2) is 27.0 Å². The minimum atomic E-state index is 0.461. The molecule has 4 rings (SSSR count). The lowest BCUT2D eigenvalue weighted by molar-refractivity contribution is 0.415. The average Bonchev–Trinajstić information content (AvgIpc) is 3.12. The van der Waals surface area contributed by atoms with Crippen LogP contribution >= 0.6 is 0 Å². The van der Waals surface area contributed by atoms with E-state index in [4.69, 9.17) is 4.74 Å². The van der Waals surface area contributed by atoms with Gasteiger partial charge in [-0.15, -0.1) is 0 Å². The summed E-state index contributed by atoms with van der Waals surface area (Å²) < 4.78 is 5.17. The number of para-hydroxylation sites is 1. The number of rotatable bonds is 5. The minimum Gasteiger partial charge on any atom is -0.497 e. The van der Waals surface area contributed by atoms with Crippen LogP contribution in [0, 0.1) is 0 Å². The van der Waals surface area contributed by atoms with E-state index in [1.807, 2.05) is 54.6 Å². The summed E-state index contributed by atoms with van der Waals surface area (Å²) in [5.41, 5.74) is 3.14. The molecule has 0 atom stereocenters. The summed E-state index contributed by atoms with van der Waals surface area (Å²) in [6.07, 6.45) is 1.60. The Kier molecular flexibility index (Phi) is 3.88. The van der Waals surface area contributed by atoms with Crippen molar-refractivity contribution in [2.24, 2.45) is 0 Å². The molecule has 2 heterocycles. The Morgan fingerprint density at radius 2 is 1.64 bits per heavy atom. The molecule has 7 nitrogen and oxygen atoms in total. The first kappa shape index (κ1) is 14.9. The molecule has 0 unspecified atom stereocenters. The van der Waals surface area contributed by atoms with Crippen molar-refractivity contribution in [3.05, 3.63) is 60.9 Å². The fraction of sp³-hybridized carbons (Fsp3) is 0.0556. The zero-order valence-corrected chi connectivity index (χ0v) is 13.5. The molecule has 0 spiro atoms. The molecule has 0 aliphatic heterocycles. The van der Waals surface area contributed by atoms with Crippen molar-refractivity contribution in [3.63, 3.8) is 0 Å². The van der Waals surface area contributed by atoms with Crippen molar-refractivity contribution in [3.8, 4) is 5.75 Å². The number of hydrogen-bond donors (Lipinski definition) is 3. The van der Waals surface area contributed by atoms with Crippen LogP contribution in [0.1, 0.15) is 0 Å². The summed E-state index contributed by atoms with van der Waals surface area (Å²) in [4.78, 5) is 16.3. The fourth-order valence-electron chi connectivity index (χ4n) is 2.44. The molecular weight excluding hydrogens is 316 g/mol. The van der Waals surface area contributed by atoms with E-state index in [0.717, 1.165) is 22.6 Å². The van der Waals surface area contributed by atoms with Gasteiger partial charge in [0.2, 0.25) is 5.95 Å². The Morgan fingerprint density at radius 3 is 2.40 bits per heavy atom. The normalized spacial score (nSPS) is 10.6. The average molecular weight is 332 g/mol. The first-order chi connectivity index (χ1) is 12.3. The second-order valence-electron chi connectivity index (χ2n) is 5.34. The van der Waals surface area contributed by atoms with Gasteiger partial charge < -0.3 is 20.4 Å². The monoisotopic (exact) mass is 332 g/mol. The lowest BCUT2D eigenvalue weighted by Gasteiger charge is -2.10. The van der Waals surface area contributed by atoms with E-state index in [-0.39, 0.29) is 0 Å². The molecular formula is C18H16N6O. The van der Waals surface area contributed by atoms with Crippen LogP contribution in [0.3, 0.4) is 0 Å². The predicted molar refractivity (Wildman–Crippen MR) is 97.7 cm³/mol. The number of imidazole rings is 1. The lowest BCUT2D eigenvalue weighted by atomic mass is 10.3. The zero-order chi connectivity index (χ0) is 17.1. The Labute approximate surface area is 144 Å². The SMILES string of the molecule is COc1ccc(Nc2nc(Nc3ccccc3)c3[nH]cnc3n2)cc1. The summed E-state index contributed by atoms with van der Waals surface area (Å²) in [7, 11) is 1.64. The maximum absolute atomic E-state index is 5.17. The van der Waals surface area contributed by atoms with Crippen LogP contribution in [0.2, 0.25) is 0 Å². The van der Waals surface area contributed by atoms with Crippen molar-refractivity contribution in [1.29, 1.82) is 0 Å². The van der Waals surface area contributed by atoms with Crippen LogP contribution in [0.15, 0.2) is 60.9 Å². The molecule has 0 fully saturated rings. The molecule has 2 aromatic carbocycles. The molecule has 3 N–H and O–H groups in total. The van der Waals surface area contributed by atoms with Gasteiger partial charge in [-0.3, -0.25) is 0 Å². The van der Waals surface area contributed by atoms with Gasteiger partial charge >= 0.3 is 0 Å². The van der Waals surface area contributed by atoms with Crippen molar-refractivity contribution >= 4 is 34.3 Å². The van der Waals surface area contributed by atoms with Gasteiger partial charge in [0.05, 0.1) is 13.4 Å². The highest BCUT2D eigenvalue weighted by atomic mass is 16.5. The summed E-state index contributed by atoms with van der Waals surface area (Å²) in [6.45, 7) is 0. The molecule has 0 bridgehead atoms. The number of nitrogens with one attached hydrogen (secondary N) is 3. The molecule has 2 aromatic heterocycles. The van der Waals surface area contributed by atoms with Crippen LogP contribution in [0.25, 0.3) is 11.2 Å². The topological polar surface area (TPSA) is 87.8 Å². The first-order valence-electron chi connectivity index (χ1n) is 7.76. The molecule has 124 valence electrons. The van der Waals surface area contributed by atoms with Crippen molar-refractivity contribution < 1.29 is 4.74 Å². The lowest BCUT2D eigenvalue weighted by Crippen LogP contribution is -2.02. The number of aromatic amines is 1. The molecule has 7 heteroatoms. The highest BCUT2D eigenvalue weighted by molar-refractivity contribution is 5.86. The number of H-pyrrole nitrogens is 1. The number of aromatic nitrogens is 4. The number of nitrogens with zero attached hydrogens (tertiary/aromatic N) is 3. The highest BCUT2D eigenvalue weighted by Crippen LogP contribution is 2.24. The Balaban J connectivity index is 1.67. The van der Waals surface area contributed by atoms with Gasteiger partial charge in [0.1, 0.15) is 11.3 Å². The smallest absolute Gasteiger partial charge is 0.231 e. The predicted octanol–water partition coefficient (Wildman–Crippen LogP) is 3.85. The molecule has 25 heavy (non-hydrogen) atoms. The third-order valence-electron chi connectivity index (χ3n) is 3.67. The van der Waals surface area contributed by atoms with Crippen LogP contribution in [-0.2, 0) is 0 Å². The maximum atomic E-state index is 5.17. The number of methoxy groups -OCH3 is 1. The maximum Gasteiger partial charge on any atom is 0.231 e. The summed E-state index contributed by atoms with van der Waals surface area (Å²) in [5.74, 6) is 1.91. The Hall–Kier alpha value is -3.61. The van der Waals surface area contributed by atoms with E-state index < -0.39 is 0 Å². The molecule has 0 saturated heterocycles.